The van der Waals surface area contributed by atoms with Crippen LogP contribution in [0, 0.1) is 12.4 Å². The molecule has 2 aliphatic rings. The highest BCUT2D eigenvalue weighted by molar-refractivity contribution is 5.98. The van der Waals surface area contributed by atoms with Crippen LogP contribution in [0.4, 0.5) is 21.7 Å². The first-order valence-electron chi connectivity index (χ1n) is 11.7. The molecule has 0 N–H and O–H groups in total. The second-order valence-corrected chi connectivity index (χ2v) is 9.18. The van der Waals surface area contributed by atoms with Gasteiger partial charge in [-0.25, -0.2) is 14.2 Å². The summed E-state index contributed by atoms with van der Waals surface area (Å²) in [5, 5.41) is 0.305. The molecule has 2 fully saturated rings. The Kier molecular flexibility index (Phi) is 5.82. The van der Waals surface area contributed by atoms with E-state index in [1.807, 2.05) is 28.8 Å². The van der Waals surface area contributed by atoms with Crippen LogP contribution in [0.2, 0.25) is 0 Å². The first-order chi connectivity index (χ1) is 16.5. The molecule has 0 unspecified atom stereocenters. The summed E-state index contributed by atoms with van der Waals surface area (Å²) in [6.07, 6.45) is 5.50. The molecule has 5 rings (SSSR count). The fourth-order valence-electron chi connectivity index (χ4n) is 5.02. The van der Waals surface area contributed by atoms with E-state index in [0.717, 1.165) is 57.5 Å². The van der Waals surface area contributed by atoms with E-state index in [-0.39, 0.29) is 17.6 Å². The van der Waals surface area contributed by atoms with Gasteiger partial charge in [0, 0.05) is 58.2 Å². The fraction of sp³-hybridized carbons (Fsp3) is 0.440. The molecule has 1 aliphatic heterocycles. The lowest BCUT2D eigenvalue weighted by molar-refractivity contribution is 0.0810. The number of anilines is 2. The van der Waals surface area contributed by atoms with Gasteiger partial charge in [0.25, 0.3) is 5.91 Å². The van der Waals surface area contributed by atoms with Gasteiger partial charge in [0.2, 0.25) is 5.95 Å². The minimum atomic E-state index is -0.528. The maximum Gasteiger partial charge on any atom is 0.273 e. The Morgan fingerprint density at radius 3 is 2.35 bits per heavy atom. The number of halogens is 1. The minimum Gasteiger partial charge on any atom is -0.368 e. The van der Waals surface area contributed by atoms with Crippen LogP contribution in [0.25, 0.3) is 15.9 Å². The molecule has 1 amide bonds. The van der Waals surface area contributed by atoms with Crippen molar-refractivity contribution in [3.8, 4) is 0 Å². The van der Waals surface area contributed by atoms with E-state index in [0.29, 0.717) is 22.7 Å². The van der Waals surface area contributed by atoms with Crippen LogP contribution in [0.1, 0.15) is 42.2 Å². The van der Waals surface area contributed by atoms with Crippen molar-refractivity contribution in [2.75, 3.05) is 50.1 Å². The van der Waals surface area contributed by atoms with Crippen LogP contribution < -0.4 is 9.80 Å². The summed E-state index contributed by atoms with van der Waals surface area (Å²) in [7, 11) is 3.29. The largest absolute Gasteiger partial charge is 0.368 e. The summed E-state index contributed by atoms with van der Waals surface area (Å²) in [4.78, 5) is 31.4. The predicted octanol–water partition coefficient (Wildman–Crippen LogP) is 4.26. The lowest BCUT2D eigenvalue weighted by atomic mass is 10.2. The number of nitrogens with zero attached hydrogens (tertiary/aromatic N) is 7. The number of aromatic nitrogens is 3. The molecule has 3 aromatic rings. The zero-order valence-electron chi connectivity index (χ0n) is 19.5. The first kappa shape index (κ1) is 22.1. The lowest BCUT2D eigenvalue weighted by Gasteiger charge is -2.36. The molecule has 1 saturated heterocycles. The second kappa shape index (κ2) is 8.93. The van der Waals surface area contributed by atoms with Crippen molar-refractivity contribution in [2.24, 2.45) is 0 Å². The van der Waals surface area contributed by atoms with Crippen molar-refractivity contribution in [3.05, 3.63) is 53.4 Å². The number of hydrogen-bond acceptors (Lipinski definition) is 5. The van der Waals surface area contributed by atoms with E-state index in [4.69, 9.17) is 11.6 Å². The van der Waals surface area contributed by atoms with Gasteiger partial charge in [-0.3, -0.25) is 4.79 Å². The third-order valence-corrected chi connectivity index (χ3v) is 6.87. The molecular formula is C25H28FN7O. The van der Waals surface area contributed by atoms with Gasteiger partial charge in [-0.05, 0) is 25.0 Å². The van der Waals surface area contributed by atoms with Crippen molar-refractivity contribution in [1.82, 2.24) is 19.4 Å². The van der Waals surface area contributed by atoms with E-state index >= 15 is 4.39 Å². The molecule has 0 spiro atoms. The number of amides is 1. The summed E-state index contributed by atoms with van der Waals surface area (Å²) >= 11 is 0. The number of carbonyl (C=O) groups is 1. The van der Waals surface area contributed by atoms with E-state index in [1.165, 1.54) is 11.1 Å². The quantitative estimate of drug-likeness (QED) is 0.543. The maximum atomic E-state index is 15.4. The number of rotatable bonds is 4. The van der Waals surface area contributed by atoms with E-state index in [9.17, 15) is 4.79 Å². The van der Waals surface area contributed by atoms with Gasteiger partial charge in [-0.2, -0.15) is 4.98 Å². The van der Waals surface area contributed by atoms with Gasteiger partial charge in [0.15, 0.2) is 11.5 Å². The van der Waals surface area contributed by atoms with Crippen LogP contribution in [-0.2, 0) is 0 Å². The third-order valence-electron chi connectivity index (χ3n) is 6.87. The number of carbonyl (C=O) groups excluding carboxylic acids is 1. The van der Waals surface area contributed by atoms with Crippen LogP contribution in [0.15, 0.2) is 30.5 Å². The Morgan fingerprint density at radius 1 is 1.09 bits per heavy atom. The van der Waals surface area contributed by atoms with Crippen molar-refractivity contribution < 1.29 is 9.18 Å². The molecule has 34 heavy (non-hydrogen) atoms. The number of hydrogen-bond donors (Lipinski definition) is 0. The summed E-state index contributed by atoms with van der Waals surface area (Å²) in [5.74, 6) is -0.308. The minimum absolute atomic E-state index is 0.0731. The summed E-state index contributed by atoms with van der Waals surface area (Å²) in [6, 6.07) is 7.70. The Labute approximate surface area is 198 Å². The second-order valence-electron chi connectivity index (χ2n) is 9.18. The fourth-order valence-corrected chi connectivity index (χ4v) is 5.02. The van der Waals surface area contributed by atoms with Crippen molar-refractivity contribution in [1.29, 1.82) is 0 Å². The molecule has 1 saturated carbocycles. The first-order valence-corrected chi connectivity index (χ1v) is 11.7. The van der Waals surface area contributed by atoms with Gasteiger partial charge < -0.3 is 19.3 Å². The third kappa shape index (κ3) is 3.83. The SMILES string of the molecule is [C-]#[N+]c1ccc(N2CCN(c3ncc4c(F)c(C(=O)N(C)C)n(C5CCCC5)c4n3)CC2)cc1. The van der Waals surface area contributed by atoms with Gasteiger partial charge in [-0.15, -0.1) is 0 Å². The summed E-state index contributed by atoms with van der Waals surface area (Å²) < 4.78 is 17.3. The number of piperazine rings is 1. The van der Waals surface area contributed by atoms with Crippen molar-refractivity contribution in [3.63, 3.8) is 0 Å². The van der Waals surface area contributed by atoms with Crippen LogP contribution >= 0.6 is 0 Å². The normalized spacial score (nSPS) is 16.8. The summed E-state index contributed by atoms with van der Waals surface area (Å²) in [6.45, 7) is 10.2. The van der Waals surface area contributed by atoms with E-state index in [1.54, 1.807) is 14.1 Å². The Hall–Kier alpha value is -3.67. The van der Waals surface area contributed by atoms with Gasteiger partial charge in [0.1, 0.15) is 11.3 Å². The predicted molar refractivity (Wildman–Crippen MR) is 130 cm³/mol. The zero-order valence-corrected chi connectivity index (χ0v) is 19.5. The van der Waals surface area contributed by atoms with Gasteiger partial charge >= 0.3 is 0 Å². The monoisotopic (exact) mass is 461 g/mol. The van der Waals surface area contributed by atoms with Crippen molar-refractivity contribution >= 4 is 34.3 Å². The van der Waals surface area contributed by atoms with Crippen LogP contribution in [0.3, 0.4) is 0 Å². The molecular weight excluding hydrogens is 433 g/mol. The maximum absolute atomic E-state index is 15.4. The smallest absolute Gasteiger partial charge is 0.273 e. The molecule has 0 bridgehead atoms. The standard InChI is InChI=1S/C25H28FN7O/c1-27-17-8-10-18(11-9-17)31-12-14-32(15-13-31)25-28-16-20-21(26)22(24(34)30(2)3)33(23(20)29-25)19-6-4-5-7-19/h8-11,16,19H,4-7,12-15H2,2-3H3. The average Bonchev–Trinajstić information content (AvgIpc) is 3.49. The van der Waals surface area contributed by atoms with Gasteiger partial charge in [-0.1, -0.05) is 25.0 Å². The molecule has 1 aromatic carbocycles. The number of benzene rings is 1. The molecule has 9 heteroatoms. The van der Waals surface area contributed by atoms with E-state index < -0.39 is 5.82 Å². The van der Waals surface area contributed by atoms with Gasteiger partial charge in [0.05, 0.1) is 12.0 Å². The topological polar surface area (TPSA) is 61.9 Å². The van der Waals surface area contributed by atoms with Crippen LogP contribution in [0.5, 0.6) is 0 Å². The van der Waals surface area contributed by atoms with Crippen LogP contribution in [-0.4, -0.2) is 65.6 Å². The molecule has 0 atom stereocenters. The molecule has 0 radical (unpaired) electrons. The Balaban J connectivity index is 1.44. The Bertz CT molecular complexity index is 1250. The highest BCUT2D eigenvalue weighted by atomic mass is 19.1. The van der Waals surface area contributed by atoms with Crippen molar-refractivity contribution in [2.45, 2.75) is 31.7 Å². The molecule has 1 aliphatic carbocycles. The average molecular weight is 462 g/mol. The highest BCUT2D eigenvalue weighted by Gasteiger charge is 2.31. The Morgan fingerprint density at radius 2 is 1.74 bits per heavy atom. The molecule has 8 nitrogen and oxygen atoms in total. The zero-order chi connectivity index (χ0) is 23.8. The summed E-state index contributed by atoms with van der Waals surface area (Å²) in [5.41, 5.74) is 2.32. The number of fused-ring (bicyclic) bond motifs is 1. The molecule has 2 aromatic heterocycles. The molecule has 3 heterocycles. The lowest BCUT2D eigenvalue weighted by Crippen LogP contribution is -2.47. The molecule has 176 valence electrons. The highest BCUT2D eigenvalue weighted by Crippen LogP contribution is 2.36. The van der Waals surface area contributed by atoms with E-state index in [2.05, 4.69) is 19.6 Å².